The number of carbonyl (C=O) groups is 1. The van der Waals surface area contributed by atoms with Gasteiger partial charge in [-0.15, -0.1) is 0 Å². The molecule has 2 rings (SSSR count). The van der Waals surface area contributed by atoms with Crippen LogP contribution in [-0.2, 0) is 13.6 Å². The van der Waals surface area contributed by atoms with E-state index in [1.807, 2.05) is 0 Å². The predicted octanol–water partition coefficient (Wildman–Crippen LogP) is 1.94. The molecular formula is C10H10O4S2. The van der Waals surface area contributed by atoms with Gasteiger partial charge in [-0.25, -0.2) is 13.2 Å². The Kier molecular flexibility index (Phi) is 2.94. The van der Waals surface area contributed by atoms with Crippen LogP contribution in [0, 0.1) is 0 Å². The SMILES string of the molecule is CCSS(=O)(=O)C1OC(=O)c2ccccc21. The number of rotatable bonds is 3. The van der Waals surface area contributed by atoms with E-state index in [-0.39, 0.29) is 0 Å². The number of ether oxygens (including phenoxy) is 1. The molecule has 0 saturated heterocycles. The summed E-state index contributed by atoms with van der Waals surface area (Å²) in [6.07, 6.45) is 0. The van der Waals surface area contributed by atoms with Crippen LogP contribution in [0.4, 0.5) is 0 Å². The van der Waals surface area contributed by atoms with E-state index in [4.69, 9.17) is 4.74 Å². The van der Waals surface area contributed by atoms with Gasteiger partial charge in [0.25, 0.3) is 0 Å². The van der Waals surface area contributed by atoms with E-state index in [1.54, 1.807) is 31.2 Å². The molecule has 1 unspecified atom stereocenters. The number of esters is 1. The summed E-state index contributed by atoms with van der Waals surface area (Å²) in [5.74, 6) is -0.140. The van der Waals surface area contributed by atoms with Gasteiger partial charge < -0.3 is 4.74 Å². The molecule has 86 valence electrons. The zero-order valence-electron chi connectivity index (χ0n) is 8.54. The highest BCUT2D eigenvalue weighted by Crippen LogP contribution is 2.39. The first-order valence-electron chi connectivity index (χ1n) is 4.74. The zero-order valence-corrected chi connectivity index (χ0v) is 10.2. The number of carbonyl (C=O) groups excluding carboxylic acids is 1. The molecule has 0 aromatic heterocycles. The molecule has 1 aliphatic heterocycles. The van der Waals surface area contributed by atoms with Crippen molar-refractivity contribution < 1.29 is 17.9 Å². The molecule has 1 aromatic rings. The van der Waals surface area contributed by atoms with Crippen LogP contribution in [0.5, 0.6) is 0 Å². The number of hydrogen-bond donors (Lipinski definition) is 0. The number of benzene rings is 1. The van der Waals surface area contributed by atoms with Crippen LogP contribution >= 0.6 is 10.8 Å². The largest absolute Gasteiger partial charge is 0.436 e. The minimum absolute atomic E-state index is 0.341. The highest BCUT2D eigenvalue weighted by molar-refractivity contribution is 8.72. The first-order valence-corrected chi connectivity index (χ1v) is 7.79. The van der Waals surface area contributed by atoms with Crippen LogP contribution in [0.1, 0.15) is 28.3 Å². The summed E-state index contributed by atoms with van der Waals surface area (Å²) in [5, 5.41) is 0. The maximum absolute atomic E-state index is 11.8. The highest BCUT2D eigenvalue weighted by atomic mass is 33.1. The second kappa shape index (κ2) is 4.10. The summed E-state index contributed by atoms with van der Waals surface area (Å²) < 4.78 is 28.6. The average molecular weight is 258 g/mol. The monoisotopic (exact) mass is 258 g/mol. The van der Waals surface area contributed by atoms with Crippen molar-refractivity contribution in [1.29, 1.82) is 0 Å². The summed E-state index contributed by atoms with van der Waals surface area (Å²) in [5.41, 5.74) is -0.373. The Hall–Kier alpha value is -1.01. The molecule has 1 aromatic carbocycles. The number of hydrogen-bond acceptors (Lipinski definition) is 5. The first kappa shape index (κ1) is 11.5. The third kappa shape index (κ3) is 1.82. The maximum Gasteiger partial charge on any atom is 0.340 e. The van der Waals surface area contributed by atoms with E-state index in [1.165, 1.54) is 0 Å². The van der Waals surface area contributed by atoms with Crippen molar-refractivity contribution in [3.05, 3.63) is 35.4 Å². The van der Waals surface area contributed by atoms with Crippen molar-refractivity contribution in [2.75, 3.05) is 5.75 Å². The molecule has 0 radical (unpaired) electrons. The molecule has 16 heavy (non-hydrogen) atoms. The Morgan fingerprint density at radius 3 is 2.75 bits per heavy atom. The van der Waals surface area contributed by atoms with Crippen molar-refractivity contribution in [2.24, 2.45) is 0 Å². The first-order chi connectivity index (χ1) is 7.56. The van der Waals surface area contributed by atoms with E-state index in [9.17, 15) is 13.2 Å². The number of cyclic esters (lactones) is 1. The van der Waals surface area contributed by atoms with Crippen LogP contribution < -0.4 is 0 Å². The fourth-order valence-electron chi connectivity index (χ4n) is 1.55. The third-order valence-corrected chi connectivity index (χ3v) is 5.85. The quantitative estimate of drug-likeness (QED) is 0.612. The average Bonchev–Trinajstić information content (AvgIpc) is 2.58. The summed E-state index contributed by atoms with van der Waals surface area (Å²) in [6, 6.07) is 6.56. The van der Waals surface area contributed by atoms with Crippen molar-refractivity contribution in [2.45, 2.75) is 12.4 Å². The molecule has 0 fully saturated rings. The molecule has 0 amide bonds. The van der Waals surface area contributed by atoms with Crippen LogP contribution in [-0.4, -0.2) is 20.1 Å². The van der Waals surface area contributed by atoms with Gasteiger partial charge in [0, 0.05) is 11.3 Å². The lowest BCUT2D eigenvalue weighted by Crippen LogP contribution is -2.09. The standard InChI is InChI=1S/C10H10O4S2/c1-2-15-16(12,13)10-8-6-4-3-5-7(8)9(11)14-10/h3-6,10H,2H2,1H3. The third-order valence-electron chi connectivity index (χ3n) is 2.19. The lowest BCUT2D eigenvalue weighted by atomic mass is 10.1. The fraction of sp³-hybridized carbons (Fsp3) is 0.300. The Bertz CT molecular complexity index is 521. The van der Waals surface area contributed by atoms with E-state index in [2.05, 4.69) is 0 Å². The van der Waals surface area contributed by atoms with Gasteiger partial charge in [0.1, 0.15) is 0 Å². The summed E-state index contributed by atoms with van der Waals surface area (Å²) in [4.78, 5) is 11.4. The highest BCUT2D eigenvalue weighted by Gasteiger charge is 2.39. The minimum atomic E-state index is -3.48. The van der Waals surface area contributed by atoms with Gasteiger partial charge in [0.05, 0.1) is 5.56 Å². The van der Waals surface area contributed by atoms with Crippen LogP contribution in [0.3, 0.4) is 0 Å². The normalized spacial score (nSPS) is 19.3. The van der Waals surface area contributed by atoms with Crippen LogP contribution in [0.15, 0.2) is 24.3 Å². The second-order valence-corrected chi connectivity index (χ2v) is 7.55. The van der Waals surface area contributed by atoms with Gasteiger partial charge in [-0.1, -0.05) is 25.1 Å². The van der Waals surface area contributed by atoms with Crippen molar-refractivity contribution in [3.63, 3.8) is 0 Å². The molecule has 0 aliphatic carbocycles. The summed E-state index contributed by atoms with van der Waals surface area (Å²) >= 11 is 0. The van der Waals surface area contributed by atoms with Gasteiger partial charge in [0.15, 0.2) is 0 Å². The molecule has 0 spiro atoms. The molecule has 0 bridgehead atoms. The van der Waals surface area contributed by atoms with E-state index >= 15 is 0 Å². The summed E-state index contributed by atoms with van der Waals surface area (Å²) in [6.45, 7) is 1.74. The van der Waals surface area contributed by atoms with Gasteiger partial charge in [-0.2, -0.15) is 0 Å². The van der Waals surface area contributed by atoms with Gasteiger partial charge in [-0.3, -0.25) is 0 Å². The zero-order chi connectivity index (χ0) is 11.8. The Labute approximate surface area is 97.3 Å². The van der Waals surface area contributed by atoms with Gasteiger partial charge >= 0.3 is 5.97 Å². The van der Waals surface area contributed by atoms with Crippen LogP contribution in [0.25, 0.3) is 0 Å². The molecule has 1 atom stereocenters. The summed E-state index contributed by atoms with van der Waals surface area (Å²) in [7, 11) is -2.69. The van der Waals surface area contributed by atoms with Crippen molar-refractivity contribution in [3.8, 4) is 0 Å². The molecule has 0 N–H and O–H groups in total. The number of fused-ring (bicyclic) bond motifs is 1. The molecule has 6 heteroatoms. The van der Waals surface area contributed by atoms with Crippen molar-refractivity contribution in [1.82, 2.24) is 0 Å². The molecular weight excluding hydrogens is 248 g/mol. The lowest BCUT2D eigenvalue weighted by Gasteiger charge is -2.09. The van der Waals surface area contributed by atoms with Gasteiger partial charge in [0.2, 0.25) is 14.3 Å². The Balaban J connectivity index is 2.45. The van der Waals surface area contributed by atoms with E-state index in [0.717, 1.165) is 10.8 Å². The minimum Gasteiger partial charge on any atom is -0.436 e. The van der Waals surface area contributed by atoms with Crippen molar-refractivity contribution >= 4 is 25.6 Å². The predicted molar refractivity (Wildman–Crippen MR) is 61.7 cm³/mol. The second-order valence-electron chi connectivity index (χ2n) is 3.22. The molecule has 1 aliphatic rings. The molecule has 1 heterocycles. The Morgan fingerprint density at radius 2 is 2.06 bits per heavy atom. The topological polar surface area (TPSA) is 60.4 Å². The fourth-order valence-corrected chi connectivity index (χ4v) is 4.51. The smallest absolute Gasteiger partial charge is 0.340 e. The van der Waals surface area contributed by atoms with Gasteiger partial charge in [-0.05, 0) is 16.9 Å². The maximum atomic E-state index is 11.8. The molecule has 4 nitrogen and oxygen atoms in total. The van der Waals surface area contributed by atoms with E-state index in [0.29, 0.717) is 16.9 Å². The Morgan fingerprint density at radius 1 is 1.38 bits per heavy atom. The molecule has 0 saturated carbocycles. The lowest BCUT2D eigenvalue weighted by molar-refractivity contribution is 0.0511. The van der Waals surface area contributed by atoms with Crippen LogP contribution in [0.2, 0.25) is 0 Å². The van der Waals surface area contributed by atoms with E-state index < -0.39 is 20.3 Å².